The summed E-state index contributed by atoms with van der Waals surface area (Å²) in [5, 5.41) is 21.6. The van der Waals surface area contributed by atoms with Crippen molar-refractivity contribution in [3.05, 3.63) is 40.4 Å². The summed E-state index contributed by atoms with van der Waals surface area (Å²) in [6.45, 7) is 1.74. The van der Waals surface area contributed by atoms with Gasteiger partial charge in [-0.1, -0.05) is 35.3 Å². The van der Waals surface area contributed by atoms with Crippen LogP contribution in [0, 0.1) is 18.8 Å². The van der Waals surface area contributed by atoms with Crippen LogP contribution >= 0.6 is 11.3 Å². The maximum absolute atomic E-state index is 12.1. The molecule has 0 aliphatic rings. The van der Waals surface area contributed by atoms with Crippen molar-refractivity contribution in [2.45, 2.75) is 13.3 Å². The van der Waals surface area contributed by atoms with Crippen molar-refractivity contribution in [3.8, 4) is 17.6 Å². The van der Waals surface area contributed by atoms with Crippen molar-refractivity contribution in [3.63, 3.8) is 0 Å². The highest BCUT2D eigenvalue weighted by atomic mass is 32.1. The van der Waals surface area contributed by atoms with Gasteiger partial charge in [-0.25, -0.2) is 4.98 Å². The van der Waals surface area contributed by atoms with E-state index in [9.17, 15) is 9.90 Å². The molecule has 0 saturated heterocycles. The number of aliphatic hydroxyl groups is 1. The normalized spacial score (nSPS) is 9.81. The molecule has 1 heterocycles. The number of nitrogens with zero attached hydrogens (tertiary/aromatic N) is 1. The molecular weight excluding hydrogens is 288 g/mol. The summed E-state index contributed by atoms with van der Waals surface area (Å²) in [5.74, 6) is 5.18. The molecule has 21 heavy (non-hydrogen) atoms. The summed E-state index contributed by atoms with van der Waals surface area (Å²) in [6, 6.07) is 4.98. The van der Waals surface area contributed by atoms with Crippen LogP contribution in [0.3, 0.4) is 0 Å². The summed E-state index contributed by atoms with van der Waals surface area (Å²) in [7, 11) is 0. The quantitative estimate of drug-likeness (QED) is 0.759. The zero-order valence-electron chi connectivity index (χ0n) is 11.4. The molecule has 2 aromatic rings. The van der Waals surface area contributed by atoms with E-state index in [2.05, 4.69) is 22.1 Å². The number of benzene rings is 1. The molecule has 108 valence electrons. The van der Waals surface area contributed by atoms with Gasteiger partial charge in [-0.3, -0.25) is 10.1 Å². The second-order valence-corrected chi connectivity index (χ2v) is 5.26. The maximum atomic E-state index is 12.1. The Kier molecular flexibility index (Phi) is 4.93. The maximum Gasteiger partial charge on any atom is 0.261 e. The van der Waals surface area contributed by atoms with E-state index >= 15 is 0 Å². The number of anilines is 1. The highest BCUT2D eigenvalue weighted by Crippen LogP contribution is 2.24. The molecule has 0 saturated carbocycles. The summed E-state index contributed by atoms with van der Waals surface area (Å²) in [5.41, 5.74) is 0.843. The first kappa shape index (κ1) is 15.0. The molecule has 2 rings (SSSR count). The second kappa shape index (κ2) is 6.88. The lowest BCUT2D eigenvalue weighted by molar-refractivity contribution is 0.102. The minimum absolute atomic E-state index is 0.0159. The summed E-state index contributed by atoms with van der Waals surface area (Å²) in [6.07, 6.45) is 1.96. The van der Waals surface area contributed by atoms with Crippen molar-refractivity contribution in [1.29, 1.82) is 0 Å². The fourth-order valence-corrected chi connectivity index (χ4v) is 2.29. The van der Waals surface area contributed by atoms with E-state index in [4.69, 9.17) is 5.11 Å². The minimum atomic E-state index is -0.416. The molecule has 0 atom stereocenters. The van der Waals surface area contributed by atoms with Gasteiger partial charge in [-0.05, 0) is 18.6 Å². The van der Waals surface area contributed by atoms with Crippen LogP contribution < -0.4 is 5.32 Å². The number of nitrogens with one attached hydrogen (secondary N) is 1. The van der Waals surface area contributed by atoms with Crippen molar-refractivity contribution in [1.82, 2.24) is 4.98 Å². The number of carbonyl (C=O) groups excluding carboxylic acids is 1. The number of thiazole rings is 1. The standard InChI is InChI=1S/C15H14N2O3S/c1-10-5-4-7-12(13(10)19)14(20)17-15-16-9-11(21-15)6-2-3-8-18/h4-5,7,9,18-19H,3,8H2,1H3,(H,16,17,20). The fraction of sp³-hybridized carbons (Fsp3) is 0.200. The lowest BCUT2D eigenvalue weighted by Crippen LogP contribution is -2.12. The first-order chi connectivity index (χ1) is 10.1. The number of amides is 1. The number of aromatic hydroxyl groups is 1. The molecule has 1 aromatic heterocycles. The van der Waals surface area contributed by atoms with Crippen molar-refractivity contribution < 1.29 is 15.0 Å². The van der Waals surface area contributed by atoms with Crippen LogP contribution in [0.5, 0.6) is 5.75 Å². The molecule has 1 aromatic carbocycles. The number of carbonyl (C=O) groups is 1. The topological polar surface area (TPSA) is 82.5 Å². The minimum Gasteiger partial charge on any atom is -0.507 e. The van der Waals surface area contributed by atoms with Crippen LogP contribution in [0.15, 0.2) is 24.4 Å². The van der Waals surface area contributed by atoms with E-state index < -0.39 is 5.91 Å². The van der Waals surface area contributed by atoms with Crippen LogP contribution in [0.2, 0.25) is 0 Å². The Morgan fingerprint density at radius 1 is 1.48 bits per heavy atom. The molecule has 0 aliphatic heterocycles. The lowest BCUT2D eigenvalue weighted by Gasteiger charge is -2.05. The first-order valence-corrected chi connectivity index (χ1v) is 7.09. The molecule has 6 heteroatoms. The van der Waals surface area contributed by atoms with Crippen molar-refractivity contribution in [2.24, 2.45) is 0 Å². The monoisotopic (exact) mass is 302 g/mol. The lowest BCUT2D eigenvalue weighted by atomic mass is 10.1. The van der Waals surface area contributed by atoms with Gasteiger partial charge in [0.1, 0.15) is 5.75 Å². The van der Waals surface area contributed by atoms with E-state index in [1.165, 1.54) is 11.3 Å². The van der Waals surface area contributed by atoms with Crippen LogP contribution in [-0.4, -0.2) is 27.7 Å². The largest absolute Gasteiger partial charge is 0.507 e. The van der Waals surface area contributed by atoms with Gasteiger partial charge in [0, 0.05) is 6.42 Å². The van der Waals surface area contributed by atoms with E-state index in [1.54, 1.807) is 31.3 Å². The van der Waals surface area contributed by atoms with Gasteiger partial charge in [0.2, 0.25) is 0 Å². The van der Waals surface area contributed by atoms with E-state index in [0.717, 1.165) is 0 Å². The Labute approximate surface area is 126 Å². The van der Waals surface area contributed by atoms with Crippen LogP contribution in [-0.2, 0) is 0 Å². The number of aryl methyl sites for hydroxylation is 1. The van der Waals surface area contributed by atoms with Gasteiger partial charge in [0.15, 0.2) is 5.13 Å². The van der Waals surface area contributed by atoms with Gasteiger partial charge < -0.3 is 10.2 Å². The summed E-state index contributed by atoms with van der Waals surface area (Å²) < 4.78 is 0. The highest BCUT2D eigenvalue weighted by molar-refractivity contribution is 7.16. The molecule has 0 aliphatic carbocycles. The Bertz CT molecular complexity index is 713. The average Bonchev–Trinajstić information content (AvgIpc) is 2.89. The Morgan fingerprint density at radius 2 is 2.29 bits per heavy atom. The number of para-hydroxylation sites is 1. The van der Waals surface area contributed by atoms with Gasteiger partial charge in [0.05, 0.1) is 23.2 Å². The van der Waals surface area contributed by atoms with Crippen LogP contribution in [0.4, 0.5) is 5.13 Å². The predicted molar refractivity (Wildman–Crippen MR) is 81.5 cm³/mol. The third-order valence-corrected chi connectivity index (χ3v) is 3.49. The molecule has 0 unspecified atom stereocenters. The number of hydrogen-bond acceptors (Lipinski definition) is 5. The highest BCUT2D eigenvalue weighted by Gasteiger charge is 2.13. The molecule has 5 nitrogen and oxygen atoms in total. The van der Waals surface area contributed by atoms with E-state index in [0.29, 0.717) is 22.0 Å². The van der Waals surface area contributed by atoms with E-state index in [1.807, 2.05) is 0 Å². The second-order valence-electron chi connectivity index (χ2n) is 4.23. The number of hydrogen-bond donors (Lipinski definition) is 3. The number of aliphatic hydroxyl groups excluding tert-OH is 1. The molecule has 1 amide bonds. The van der Waals surface area contributed by atoms with Gasteiger partial charge in [0.25, 0.3) is 5.91 Å². The van der Waals surface area contributed by atoms with Crippen LogP contribution in [0.25, 0.3) is 0 Å². The van der Waals surface area contributed by atoms with Crippen molar-refractivity contribution >= 4 is 22.4 Å². The smallest absolute Gasteiger partial charge is 0.261 e. The summed E-state index contributed by atoms with van der Waals surface area (Å²) >= 11 is 1.24. The van der Waals surface area contributed by atoms with Gasteiger partial charge >= 0.3 is 0 Å². The molecule has 3 N–H and O–H groups in total. The number of aromatic nitrogens is 1. The predicted octanol–water partition coefficient (Wildman–Crippen LogP) is 2.14. The van der Waals surface area contributed by atoms with E-state index in [-0.39, 0.29) is 17.9 Å². The zero-order chi connectivity index (χ0) is 15.2. The SMILES string of the molecule is Cc1cccc(C(=O)Nc2ncc(C#CCCO)s2)c1O. The molecule has 0 radical (unpaired) electrons. The third-order valence-electron chi connectivity index (χ3n) is 2.66. The number of phenols is 1. The van der Waals surface area contributed by atoms with Crippen LogP contribution in [0.1, 0.15) is 27.2 Å². The summed E-state index contributed by atoms with van der Waals surface area (Å²) in [4.78, 5) is 16.8. The third kappa shape index (κ3) is 3.81. The molecule has 0 fully saturated rings. The Hall–Kier alpha value is -2.36. The number of phenolic OH excluding ortho intramolecular Hbond substituents is 1. The molecular formula is C15H14N2O3S. The average molecular weight is 302 g/mol. The number of rotatable bonds is 3. The molecule has 0 bridgehead atoms. The Morgan fingerprint density at radius 3 is 3.05 bits per heavy atom. The van der Waals surface area contributed by atoms with Gasteiger partial charge in [-0.15, -0.1) is 0 Å². The fourth-order valence-electron chi connectivity index (χ4n) is 1.60. The Balaban J connectivity index is 2.10. The van der Waals surface area contributed by atoms with Gasteiger partial charge in [-0.2, -0.15) is 0 Å². The van der Waals surface area contributed by atoms with Crippen molar-refractivity contribution in [2.75, 3.05) is 11.9 Å². The molecule has 0 spiro atoms. The zero-order valence-corrected chi connectivity index (χ0v) is 12.2. The first-order valence-electron chi connectivity index (χ1n) is 6.27.